The summed E-state index contributed by atoms with van der Waals surface area (Å²) < 4.78 is 8.09. The minimum atomic E-state index is 0.251. The van der Waals surface area contributed by atoms with Gasteiger partial charge >= 0.3 is 0 Å². The van der Waals surface area contributed by atoms with Crippen molar-refractivity contribution in [3.05, 3.63) is 45.7 Å². The Balaban J connectivity index is 0.000000595. The highest BCUT2D eigenvalue weighted by Crippen LogP contribution is 2.28. The van der Waals surface area contributed by atoms with Gasteiger partial charge < -0.3 is 14.6 Å². The lowest BCUT2D eigenvalue weighted by atomic mass is 10.2. The van der Waals surface area contributed by atoms with Gasteiger partial charge in [-0.3, -0.25) is 0 Å². The van der Waals surface area contributed by atoms with Crippen LogP contribution in [-0.2, 0) is 4.79 Å². The molecule has 3 rings (SSSR count). The highest BCUT2D eigenvalue weighted by Gasteiger charge is 2.12. The lowest BCUT2D eigenvalue weighted by Gasteiger charge is -2.09. The van der Waals surface area contributed by atoms with Crippen LogP contribution in [0.2, 0.25) is 0 Å². The molecule has 0 unspecified atom stereocenters. The molecule has 2 aromatic carbocycles. The summed E-state index contributed by atoms with van der Waals surface area (Å²) in [7, 11) is 1.66. The fraction of sp³-hybridized carbons (Fsp3) is 0.176. The number of aromatic hydroxyl groups is 1. The fourth-order valence-electron chi connectivity index (χ4n) is 2.19. The molecule has 1 N–H and O–H groups in total. The summed E-state index contributed by atoms with van der Waals surface area (Å²) in [6.45, 7) is 3.47. The summed E-state index contributed by atoms with van der Waals surface area (Å²) in [6, 6.07) is 11.1. The third kappa shape index (κ3) is 3.64. The van der Waals surface area contributed by atoms with Gasteiger partial charge in [-0.2, -0.15) is 5.10 Å². The lowest BCUT2D eigenvalue weighted by molar-refractivity contribution is -0.106. The molecule has 1 heterocycles. The van der Waals surface area contributed by atoms with Crippen molar-refractivity contribution < 1.29 is 14.6 Å². The molecule has 0 atom stereocenters. The molecule has 0 amide bonds. The molecular formula is C17H17IN2O3. The van der Waals surface area contributed by atoms with Gasteiger partial charge in [-0.25, -0.2) is 4.68 Å². The second-order valence-corrected chi connectivity index (χ2v) is 5.81. The van der Waals surface area contributed by atoms with Gasteiger partial charge in [0.05, 0.1) is 18.3 Å². The van der Waals surface area contributed by atoms with Crippen LogP contribution in [0.5, 0.6) is 11.5 Å². The summed E-state index contributed by atoms with van der Waals surface area (Å²) in [5.74, 6) is 1.08. The van der Waals surface area contributed by atoms with Crippen LogP contribution in [0.4, 0.5) is 0 Å². The minimum Gasteiger partial charge on any atom is -0.508 e. The predicted molar refractivity (Wildman–Crippen MR) is 98.5 cm³/mol. The molecule has 0 spiro atoms. The van der Waals surface area contributed by atoms with Gasteiger partial charge in [-0.15, -0.1) is 0 Å². The number of ether oxygens (including phenoxy) is 1. The van der Waals surface area contributed by atoms with E-state index in [4.69, 9.17) is 9.53 Å². The van der Waals surface area contributed by atoms with E-state index in [2.05, 4.69) is 27.7 Å². The third-order valence-corrected chi connectivity index (χ3v) is 4.27. The van der Waals surface area contributed by atoms with Crippen LogP contribution in [0.15, 0.2) is 36.4 Å². The number of carbonyl (C=O) groups excluding carboxylic acids is 1. The summed E-state index contributed by atoms with van der Waals surface area (Å²) in [6.07, 6.45) is 0.750. The Labute approximate surface area is 148 Å². The summed E-state index contributed by atoms with van der Waals surface area (Å²) >= 11 is 2.25. The van der Waals surface area contributed by atoms with Crippen molar-refractivity contribution in [2.75, 3.05) is 7.11 Å². The molecule has 120 valence electrons. The Hall–Kier alpha value is -2.09. The summed E-state index contributed by atoms with van der Waals surface area (Å²) in [5, 5.41) is 15.1. The van der Waals surface area contributed by atoms with E-state index in [0.717, 1.165) is 37.9 Å². The van der Waals surface area contributed by atoms with Crippen molar-refractivity contribution in [2.24, 2.45) is 0 Å². The van der Waals surface area contributed by atoms with Crippen LogP contribution < -0.4 is 4.74 Å². The maximum absolute atomic E-state index is 9.60. The van der Waals surface area contributed by atoms with E-state index in [-0.39, 0.29) is 5.75 Å². The first-order chi connectivity index (χ1) is 11.0. The molecule has 1 aromatic heterocycles. The van der Waals surface area contributed by atoms with Gasteiger partial charge in [0.25, 0.3) is 0 Å². The van der Waals surface area contributed by atoms with Crippen LogP contribution in [0.25, 0.3) is 16.6 Å². The molecule has 6 heteroatoms. The Bertz CT molecular complexity index is 843. The number of phenols is 1. The largest absolute Gasteiger partial charge is 0.508 e. The normalized spacial score (nSPS) is 10.1. The molecule has 0 aliphatic rings. The number of hydrogen-bond acceptors (Lipinski definition) is 4. The van der Waals surface area contributed by atoms with E-state index in [0.29, 0.717) is 0 Å². The van der Waals surface area contributed by atoms with E-state index in [1.807, 2.05) is 35.9 Å². The number of phenolic OH excluding ortho intramolecular Hbond substituents is 1. The molecule has 0 saturated carbocycles. The van der Waals surface area contributed by atoms with Crippen molar-refractivity contribution in [2.45, 2.75) is 13.8 Å². The van der Waals surface area contributed by atoms with Gasteiger partial charge in [-0.05, 0) is 78.4 Å². The number of aromatic nitrogens is 2. The number of benzene rings is 2. The smallest absolute Gasteiger partial charge is 0.119 e. The van der Waals surface area contributed by atoms with Crippen molar-refractivity contribution >= 4 is 39.8 Å². The van der Waals surface area contributed by atoms with E-state index in [1.165, 1.54) is 6.92 Å². The lowest BCUT2D eigenvalue weighted by Crippen LogP contribution is -2.01. The van der Waals surface area contributed by atoms with Gasteiger partial charge in [0.2, 0.25) is 0 Å². The van der Waals surface area contributed by atoms with Crippen molar-refractivity contribution in [3.8, 4) is 17.2 Å². The van der Waals surface area contributed by atoms with Crippen LogP contribution >= 0.6 is 22.6 Å². The second kappa shape index (κ2) is 7.45. The van der Waals surface area contributed by atoms with Crippen LogP contribution in [0.1, 0.15) is 12.5 Å². The molecule has 5 nitrogen and oxygen atoms in total. The average Bonchev–Trinajstić information content (AvgIpc) is 2.84. The van der Waals surface area contributed by atoms with Gasteiger partial charge in [0.1, 0.15) is 21.5 Å². The molecule has 0 aliphatic heterocycles. The number of carbonyl (C=O) groups is 1. The van der Waals surface area contributed by atoms with E-state index >= 15 is 0 Å². The Morgan fingerprint density at radius 1 is 1.26 bits per heavy atom. The number of methoxy groups -OCH3 is 1. The number of rotatable bonds is 2. The van der Waals surface area contributed by atoms with Crippen LogP contribution in [-0.4, -0.2) is 28.3 Å². The maximum Gasteiger partial charge on any atom is 0.119 e. The number of hydrogen-bond donors (Lipinski definition) is 1. The molecule has 0 aliphatic carbocycles. The Kier molecular flexibility index (Phi) is 5.59. The highest BCUT2D eigenvalue weighted by molar-refractivity contribution is 14.1. The zero-order chi connectivity index (χ0) is 17.0. The first kappa shape index (κ1) is 17.3. The van der Waals surface area contributed by atoms with Gasteiger partial charge in [0.15, 0.2) is 0 Å². The molecule has 23 heavy (non-hydrogen) atoms. The first-order valence-corrected chi connectivity index (χ1v) is 8.01. The van der Waals surface area contributed by atoms with Gasteiger partial charge in [0, 0.05) is 5.39 Å². The standard InChI is InChI=1S/C15H13IN2O2.C2H4O/c1-9-7-11(20-2)4-6-14(9)18-15(16)12-8-10(19)3-5-13(12)17-18;1-2-3/h3-8,19H,1-2H3;2H,1H3. The zero-order valence-electron chi connectivity index (χ0n) is 13.1. The monoisotopic (exact) mass is 424 g/mol. The molecule has 0 saturated heterocycles. The number of aryl methyl sites for hydroxylation is 1. The summed E-state index contributed by atoms with van der Waals surface area (Å²) in [4.78, 5) is 8.81. The summed E-state index contributed by atoms with van der Waals surface area (Å²) in [5.41, 5.74) is 2.95. The Morgan fingerprint density at radius 2 is 1.96 bits per heavy atom. The topological polar surface area (TPSA) is 64.4 Å². The van der Waals surface area contributed by atoms with Gasteiger partial charge in [-0.1, -0.05) is 0 Å². The second-order valence-electron chi connectivity index (χ2n) is 4.79. The number of nitrogens with zero attached hydrogens (tertiary/aromatic N) is 2. The molecule has 3 aromatic rings. The number of fused-ring (bicyclic) bond motifs is 1. The minimum absolute atomic E-state index is 0.251. The van der Waals surface area contributed by atoms with Crippen LogP contribution in [0.3, 0.4) is 0 Å². The molecule has 0 bridgehead atoms. The Morgan fingerprint density at radius 3 is 2.57 bits per heavy atom. The number of aldehydes is 1. The molecule has 0 radical (unpaired) electrons. The SMILES string of the molecule is CC=O.COc1ccc(-n2nc3ccc(O)cc3c2I)c(C)c1. The average molecular weight is 424 g/mol. The fourth-order valence-corrected chi connectivity index (χ4v) is 2.99. The quantitative estimate of drug-likeness (QED) is 0.502. The zero-order valence-corrected chi connectivity index (χ0v) is 15.2. The van der Waals surface area contributed by atoms with Crippen molar-refractivity contribution in [1.82, 2.24) is 9.78 Å². The molecular weight excluding hydrogens is 407 g/mol. The third-order valence-electron chi connectivity index (χ3n) is 3.23. The predicted octanol–water partition coefficient (Wildman–Crippen LogP) is 3.86. The van der Waals surface area contributed by atoms with Crippen molar-refractivity contribution in [3.63, 3.8) is 0 Å². The van der Waals surface area contributed by atoms with Crippen LogP contribution in [0, 0.1) is 10.6 Å². The van der Waals surface area contributed by atoms with E-state index in [1.54, 1.807) is 19.2 Å². The first-order valence-electron chi connectivity index (χ1n) is 6.93. The molecule has 0 fully saturated rings. The van der Waals surface area contributed by atoms with Crippen molar-refractivity contribution in [1.29, 1.82) is 0 Å². The number of halogens is 1. The highest BCUT2D eigenvalue weighted by atomic mass is 127. The maximum atomic E-state index is 9.60. The van der Waals surface area contributed by atoms with E-state index < -0.39 is 0 Å². The van der Waals surface area contributed by atoms with E-state index in [9.17, 15) is 5.11 Å².